The lowest BCUT2D eigenvalue weighted by atomic mass is 9.99. The van der Waals surface area contributed by atoms with Gasteiger partial charge in [0.2, 0.25) is 0 Å². The molecule has 0 saturated carbocycles. The predicted molar refractivity (Wildman–Crippen MR) is 88.4 cm³/mol. The van der Waals surface area contributed by atoms with Crippen molar-refractivity contribution in [2.75, 3.05) is 13.1 Å². The molecule has 2 aromatic rings. The van der Waals surface area contributed by atoms with Crippen molar-refractivity contribution in [3.63, 3.8) is 0 Å². The second-order valence-corrected chi connectivity index (χ2v) is 6.82. The number of carbonyl (C=O) groups is 1. The van der Waals surface area contributed by atoms with Crippen molar-refractivity contribution in [3.8, 4) is 0 Å². The summed E-state index contributed by atoms with van der Waals surface area (Å²) >= 11 is 6.00. The molecule has 22 heavy (non-hydrogen) atoms. The van der Waals surface area contributed by atoms with Crippen LogP contribution in [0.5, 0.6) is 0 Å². The van der Waals surface area contributed by atoms with Crippen molar-refractivity contribution in [2.24, 2.45) is 0 Å². The van der Waals surface area contributed by atoms with Crippen LogP contribution in [0.4, 0.5) is 0 Å². The monoisotopic (exact) mass is 317 g/mol. The fourth-order valence-electron chi connectivity index (χ4n) is 3.88. The summed E-state index contributed by atoms with van der Waals surface area (Å²) in [4.78, 5) is 18.2. The number of aromatic nitrogens is 1. The zero-order valence-electron chi connectivity index (χ0n) is 12.4. The maximum atomic E-state index is 12.5. The van der Waals surface area contributed by atoms with E-state index in [0.717, 1.165) is 23.9 Å². The number of halogens is 1. The fourth-order valence-corrected chi connectivity index (χ4v) is 4.06. The minimum Gasteiger partial charge on any atom is -0.350 e. The van der Waals surface area contributed by atoms with Crippen molar-refractivity contribution in [2.45, 2.75) is 37.8 Å². The summed E-state index contributed by atoms with van der Waals surface area (Å²) in [7, 11) is 0. The van der Waals surface area contributed by atoms with Crippen LogP contribution >= 0.6 is 11.6 Å². The van der Waals surface area contributed by atoms with Gasteiger partial charge >= 0.3 is 0 Å². The van der Waals surface area contributed by atoms with Crippen LogP contribution in [0.2, 0.25) is 5.02 Å². The molecule has 0 radical (unpaired) electrons. The predicted octanol–water partition coefficient (Wildman–Crippen LogP) is 3.18. The molecule has 0 spiro atoms. The maximum absolute atomic E-state index is 12.5. The second kappa shape index (κ2) is 5.60. The van der Waals surface area contributed by atoms with Gasteiger partial charge in [0.25, 0.3) is 5.91 Å². The summed E-state index contributed by atoms with van der Waals surface area (Å²) in [6, 6.07) is 8.33. The topological polar surface area (TPSA) is 48.1 Å². The van der Waals surface area contributed by atoms with Gasteiger partial charge in [0.15, 0.2) is 0 Å². The molecule has 0 bridgehead atoms. The first-order valence-corrected chi connectivity index (χ1v) is 8.42. The van der Waals surface area contributed by atoms with Crippen molar-refractivity contribution < 1.29 is 4.79 Å². The number of amides is 1. The van der Waals surface area contributed by atoms with Gasteiger partial charge in [0.05, 0.1) is 0 Å². The van der Waals surface area contributed by atoms with Gasteiger partial charge in [-0.05, 0) is 44.0 Å². The number of benzene rings is 1. The fraction of sp³-hybridized carbons (Fsp3) is 0.471. The minimum absolute atomic E-state index is 0.00949. The normalized spacial score (nSPS) is 25.3. The number of fused-ring (bicyclic) bond motifs is 2. The van der Waals surface area contributed by atoms with Gasteiger partial charge < -0.3 is 10.3 Å². The van der Waals surface area contributed by atoms with Crippen LogP contribution in [0.1, 0.15) is 36.2 Å². The van der Waals surface area contributed by atoms with E-state index >= 15 is 0 Å². The number of nitrogens with one attached hydrogen (secondary N) is 2. The lowest BCUT2D eigenvalue weighted by Crippen LogP contribution is -2.46. The molecule has 3 heterocycles. The van der Waals surface area contributed by atoms with E-state index in [0.29, 0.717) is 16.8 Å². The summed E-state index contributed by atoms with van der Waals surface area (Å²) in [5, 5.41) is 4.92. The highest BCUT2D eigenvalue weighted by molar-refractivity contribution is 6.31. The molecule has 2 aliphatic rings. The van der Waals surface area contributed by atoms with Crippen molar-refractivity contribution in [1.29, 1.82) is 0 Å². The Kier molecular flexibility index (Phi) is 3.59. The molecule has 2 aliphatic heterocycles. The Bertz CT molecular complexity index is 711. The number of rotatable bonds is 2. The summed E-state index contributed by atoms with van der Waals surface area (Å²) < 4.78 is 0. The standard InChI is InChI=1S/C17H20ClN3O/c18-12-5-4-11-9-15(19-14(11)10-12)17(22)20-13-6-8-21-7-2-1-3-16(13)21/h4-5,9-10,13,16,19H,1-3,6-8H2,(H,20,22)/t13-,16+/m1/s1. The van der Waals surface area contributed by atoms with Crippen LogP contribution in [0, 0.1) is 0 Å². The number of piperidine rings is 1. The molecular weight excluding hydrogens is 298 g/mol. The summed E-state index contributed by atoms with van der Waals surface area (Å²) in [6.07, 6.45) is 4.83. The number of aromatic amines is 1. The van der Waals surface area contributed by atoms with E-state index in [1.807, 2.05) is 24.3 Å². The number of hydrogen-bond acceptors (Lipinski definition) is 2. The smallest absolute Gasteiger partial charge is 0.268 e. The Labute approximate surface area is 134 Å². The summed E-state index contributed by atoms with van der Waals surface area (Å²) in [6.45, 7) is 2.29. The van der Waals surface area contributed by atoms with Crippen molar-refractivity contribution in [1.82, 2.24) is 15.2 Å². The SMILES string of the molecule is O=C(N[C@@H]1CCN2CCCC[C@@H]12)c1cc2ccc(Cl)cc2[nH]1. The number of hydrogen-bond donors (Lipinski definition) is 2. The molecule has 4 rings (SSSR count). The first kappa shape index (κ1) is 14.1. The quantitative estimate of drug-likeness (QED) is 0.893. The molecule has 2 N–H and O–H groups in total. The molecule has 2 atom stereocenters. The van der Waals surface area contributed by atoms with Crippen molar-refractivity contribution in [3.05, 3.63) is 35.0 Å². The zero-order valence-corrected chi connectivity index (χ0v) is 13.2. The Hall–Kier alpha value is -1.52. The molecule has 4 nitrogen and oxygen atoms in total. The molecule has 0 unspecified atom stereocenters. The number of nitrogens with zero attached hydrogens (tertiary/aromatic N) is 1. The molecule has 1 amide bonds. The lowest BCUT2D eigenvalue weighted by molar-refractivity contribution is 0.0911. The minimum atomic E-state index is -0.00949. The van der Waals surface area contributed by atoms with E-state index < -0.39 is 0 Å². The Morgan fingerprint density at radius 1 is 1.23 bits per heavy atom. The molecular formula is C17H20ClN3O. The average molecular weight is 318 g/mol. The van der Waals surface area contributed by atoms with Crippen molar-refractivity contribution >= 4 is 28.4 Å². The third-order valence-corrected chi connectivity index (χ3v) is 5.24. The van der Waals surface area contributed by atoms with Crippen LogP contribution in [-0.2, 0) is 0 Å². The van der Waals surface area contributed by atoms with Crippen LogP contribution in [-0.4, -0.2) is 41.0 Å². The Balaban J connectivity index is 1.51. The highest BCUT2D eigenvalue weighted by atomic mass is 35.5. The number of carbonyl (C=O) groups excluding carboxylic acids is 1. The van der Waals surface area contributed by atoms with Gasteiger partial charge in [-0.3, -0.25) is 9.69 Å². The van der Waals surface area contributed by atoms with Crippen LogP contribution < -0.4 is 5.32 Å². The second-order valence-electron chi connectivity index (χ2n) is 6.38. The van der Waals surface area contributed by atoms with Crippen LogP contribution in [0.3, 0.4) is 0 Å². The highest BCUT2D eigenvalue weighted by Gasteiger charge is 2.36. The van der Waals surface area contributed by atoms with E-state index in [9.17, 15) is 4.79 Å². The number of H-pyrrole nitrogens is 1. The molecule has 116 valence electrons. The lowest BCUT2D eigenvalue weighted by Gasteiger charge is -2.32. The van der Waals surface area contributed by atoms with Gasteiger partial charge in [0, 0.05) is 34.6 Å². The third kappa shape index (κ3) is 2.50. The van der Waals surface area contributed by atoms with Gasteiger partial charge in [-0.1, -0.05) is 24.1 Å². The van der Waals surface area contributed by atoms with E-state index in [2.05, 4.69) is 15.2 Å². The maximum Gasteiger partial charge on any atom is 0.268 e. The largest absolute Gasteiger partial charge is 0.350 e. The Morgan fingerprint density at radius 2 is 2.14 bits per heavy atom. The molecule has 5 heteroatoms. The average Bonchev–Trinajstić information content (AvgIpc) is 3.11. The highest BCUT2D eigenvalue weighted by Crippen LogP contribution is 2.27. The molecule has 1 aromatic carbocycles. The molecule has 1 aromatic heterocycles. The first-order valence-electron chi connectivity index (χ1n) is 8.04. The van der Waals surface area contributed by atoms with E-state index in [1.54, 1.807) is 0 Å². The van der Waals surface area contributed by atoms with Crippen LogP contribution in [0.15, 0.2) is 24.3 Å². The molecule has 2 saturated heterocycles. The third-order valence-electron chi connectivity index (χ3n) is 5.00. The molecule has 0 aliphatic carbocycles. The van der Waals surface area contributed by atoms with Gasteiger partial charge in [-0.25, -0.2) is 0 Å². The van der Waals surface area contributed by atoms with E-state index in [4.69, 9.17) is 11.6 Å². The first-order chi connectivity index (χ1) is 10.7. The summed E-state index contributed by atoms with van der Waals surface area (Å²) in [5.74, 6) is -0.00949. The zero-order chi connectivity index (χ0) is 15.1. The van der Waals surface area contributed by atoms with Gasteiger partial charge in [0.1, 0.15) is 5.69 Å². The Morgan fingerprint density at radius 3 is 3.05 bits per heavy atom. The molecule has 2 fully saturated rings. The van der Waals surface area contributed by atoms with Gasteiger partial charge in [-0.15, -0.1) is 0 Å². The van der Waals surface area contributed by atoms with E-state index in [1.165, 1.54) is 25.8 Å². The van der Waals surface area contributed by atoms with Gasteiger partial charge in [-0.2, -0.15) is 0 Å². The summed E-state index contributed by atoms with van der Waals surface area (Å²) in [5.41, 5.74) is 1.52. The van der Waals surface area contributed by atoms with E-state index in [-0.39, 0.29) is 11.9 Å². The van der Waals surface area contributed by atoms with Crippen LogP contribution in [0.25, 0.3) is 10.9 Å².